The smallest absolute Gasteiger partial charge is 0.185 e. The average Bonchev–Trinajstić information content (AvgIpc) is 2.46. The highest BCUT2D eigenvalue weighted by atomic mass is 32.1. The van der Waals surface area contributed by atoms with Crippen LogP contribution in [0.3, 0.4) is 0 Å². The van der Waals surface area contributed by atoms with E-state index in [0.29, 0.717) is 0 Å². The van der Waals surface area contributed by atoms with E-state index in [0.717, 1.165) is 10.6 Å². The van der Waals surface area contributed by atoms with Crippen LogP contribution in [0.5, 0.6) is 0 Å². The lowest BCUT2D eigenvalue weighted by Gasteiger charge is -2.04. The Kier molecular flexibility index (Phi) is 1.73. The van der Waals surface area contributed by atoms with Gasteiger partial charge in [-0.2, -0.15) is 0 Å². The third-order valence-corrected chi connectivity index (χ3v) is 2.81. The topological polar surface area (TPSA) is 16.1 Å². The number of hydrogen-bond acceptors (Lipinski definition) is 3. The third kappa shape index (κ3) is 1.16. The van der Waals surface area contributed by atoms with Gasteiger partial charge in [0.1, 0.15) is 0 Å². The Bertz CT molecular complexity index is 359. The van der Waals surface area contributed by atoms with Crippen molar-refractivity contribution in [3.63, 3.8) is 0 Å². The van der Waals surface area contributed by atoms with E-state index in [1.807, 2.05) is 37.2 Å². The Labute approximate surface area is 75.5 Å². The third-order valence-electron chi connectivity index (χ3n) is 1.60. The average molecular weight is 177 g/mol. The molecule has 0 amide bonds. The molecule has 1 aromatic heterocycles. The summed E-state index contributed by atoms with van der Waals surface area (Å²) in [5.74, 6) is 0. The molecule has 0 N–H and O–H groups in total. The van der Waals surface area contributed by atoms with Crippen molar-refractivity contribution in [2.45, 2.75) is 0 Å². The zero-order chi connectivity index (χ0) is 8.55. The zero-order valence-electron chi connectivity index (χ0n) is 7.03. The van der Waals surface area contributed by atoms with Gasteiger partial charge < -0.3 is 4.90 Å². The SMILES string of the molecule is CN(C)c1nc2c[c]ccc2s1. The summed E-state index contributed by atoms with van der Waals surface area (Å²) in [4.78, 5) is 6.44. The van der Waals surface area contributed by atoms with E-state index in [2.05, 4.69) is 11.1 Å². The molecule has 2 rings (SSSR count). The maximum Gasteiger partial charge on any atom is 0.185 e. The number of nitrogens with zero attached hydrogens (tertiary/aromatic N) is 2. The van der Waals surface area contributed by atoms with Gasteiger partial charge in [-0.05, 0) is 18.2 Å². The van der Waals surface area contributed by atoms with Crippen LogP contribution in [0.4, 0.5) is 5.13 Å². The zero-order valence-corrected chi connectivity index (χ0v) is 7.85. The van der Waals surface area contributed by atoms with Crippen molar-refractivity contribution in [1.82, 2.24) is 4.98 Å². The van der Waals surface area contributed by atoms with Gasteiger partial charge in [0.25, 0.3) is 0 Å². The van der Waals surface area contributed by atoms with Crippen LogP contribution < -0.4 is 4.90 Å². The lowest BCUT2D eigenvalue weighted by molar-refractivity contribution is 1.11. The number of hydrogen-bond donors (Lipinski definition) is 0. The summed E-state index contributed by atoms with van der Waals surface area (Å²) in [6.07, 6.45) is 0. The van der Waals surface area contributed by atoms with Crippen LogP contribution in [0.1, 0.15) is 0 Å². The van der Waals surface area contributed by atoms with Crippen LogP contribution in [-0.4, -0.2) is 19.1 Å². The van der Waals surface area contributed by atoms with E-state index in [1.54, 1.807) is 11.3 Å². The van der Waals surface area contributed by atoms with E-state index in [-0.39, 0.29) is 0 Å². The second-order valence-corrected chi connectivity index (χ2v) is 3.79. The molecule has 1 aromatic carbocycles. The first kappa shape index (κ1) is 7.55. The molecule has 0 aliphatic heterocycles. The van der Waals surface area contributed by atoms with Crippen LogP contribution in [0, 0.1) is 6.07 Å². The number of aromatic nitrogens is 1. The Morgan fingerprint density at radius 2 is 2.33 bits per heavy atom. The molecular weight excluding hydrogens is 168 g/mol. The molecule has 61 valence electrons. The molecule has 0 bridgehead atoms. The molecule has 1 heterocycles. The second kappa shape index (κ2) is 2.75. The summed E-state index contributed by atoms with van der Waals surface area (Å²) in [6.45, 7) is 0. The fourth-order valence-corrected chi connectivity index (χ4v) is 1.87. The summed E-state index contributed by atoms with van der Waals surface area (Å²) in [7, 11) is 4.00. The number of rotatable bonds is 1. The molecule has 0 unspecified atom stereocenters. The summed E-state index contributed by atoms with van der Waals surface area (Å²) >= 11 is 1.70. The van der Waals surface area contributed by atoms with Crippen molar-refractivity contribution in [3.8, 4) is 0 Å². The summed E-state index contributed by atoms with van der Waals surface area (Å²) in [5.41, 5.74) is 1.03. The van der Waals surface area contributed by atoms with Crippen LogP contribution in [-0.2, 0) is 0 Å². The minimum Gasteiger partial charge on any atom is -0.354 e. The minimum absolute atomic E-state index is 1.03. The van der Waals surface area contributed by atoms with Gasteiger partial charge in [-0.25, -0.2) is 4.98 Å². The fourth-order valence-electron chi connectivity index (χ4n) is 0.997. The molecule has 2 aromatic rings. The van der Waals surface area contributed by atoms with Gasteiger partial charge in [-0.3, -0.25) is 0 Å². The summed E-state index contributed by atoms with van der Waals surface area (Å²) in [5, 5.41) is 1.05. The molecule has 1 radical (unpaired) electrons. The fraction of sp³-hybridized carbons (Fsp3) is 0.222. The maximum atomic E-state index is 4.43. The van der Waals surface area contributed by atoms with Gasteiger partial charge >= 0.3 is 0 Å². The second-order valence-electron chi connectivity index (χ2n) is 2.78. The molecule has 12 heavy (non-hydrogen) atoms. The van der Waals surface area contributed by atoms with Crippen LogP contribution in [0.15, 0.2) is 18.2 Å². The number of anilines is 1. The lowest BCUT2D eigenvalue weighted by atomic mass is 10.3. The van der Waals surface area contributed by atoms with Crippen molar-refractivity contribution >= 4 is 26.7 Å². The van der Waals surface area contributed by atoms with Crippen molar-refractivity contribution < 1.29 is 0 Å². The largest absolute Gasteiger partial charge is 0.354 e. The highest BCUT2D eigenvalue weighted by Gasteiger charge is 2.02. The molecule has 0 aliphatic rings. The number of thiazole rings is 1. The number of fused-ring (bicyclic) bond motifs is 1. The predicted molar refractivity (Wildman–Crippen MR) is 52.8 cm³/mol. The Morgan fingerprint density at radius 3 is 3.00 bits per heavy atom. The molecule has 3 heteroatoms. The standard InChI is InChI=1S/C9H9N2S/c1-11(2)9-10-7-5-3-4-6-8(7)12-9/h4-6H,1-2H3. The highest BCUT2D eigenvalue weighted by molar-refractivity contribution is 7.22. The van der Waals surface area contributed by atoms with E-state index >= 15 is 0 Å². The van der Waals surface area contributed by atoms with Crippen LogP contribution >= 0.6 is 11.3 Å². The molecule has 0 aliphatic carbocycles. The van der Waals surface area contributed by atoms with E-state index in [1.165, 1.54) is 4.70 Å². The number of benzene rings is 1. The molecule has 2 nitrogen and oxygen atoms in total. The van der Waals surface area contributed by atoms with Gasteiger partial charge in [-0.1, -0.05) is 17.4 Å². The van der Waals surface area contributed by atoms with Gasteiger partial charge in [-0.15, -0.1) is 0 Å². The van der Waals surface area contributed by atoms with E-state index in [4.69, 9.17) is 0 Å². The van der Waals surface area contributed by atoms with Crippen molar-refractivity contribution in [2.75, 3.05) is 19.0 Å². The Balaban J connectivity index is 2.62. The van der Waals surface area contributed by atoms with Crippen molar-refractivity contribution in [3.05, 3.63) is 24.3 Å². The predicted octanol–water partition coefficient (Wildman–Crippen LogP) is 2.16. The quantitative estimate of drug-likeness (QED) is 0.663. The van der Waals surface area contributed by atoms with Crippen LogP contribution in [0.2, 0.25) is 0 Å². The van der Waals surface area contributed by atoms with E-state index < -0.39 is 0 Å². The summed E-state index contributed by atoms with van der Waals surface area (Å²) < 4.78 is 1.22. The molecule has 0 saturated heterocycles. The van der Waals surface area contributed by atoms with Gasteiger partial charge in [0.05, 0.1) is 10.2 Å². The van der Waals surface area contributed by atoms with Crippen molar-refractivity contribution in [1.29, 1.82) is 0 Å². The van der Waals surface area contributed by atoms with Gasteiger partial charge in [0.2, 0.25) is 0 Å². The summed E-state index contributed by atoms with van der Waals surface area (Å²) in [6, 6.07) is 8.89. The van der Waals surface area contributed by atoms with E-state index in [9.17, 15) is 0 Å². The van der Waals surface area contributed by atoms with Crippen LogP contribution in [0.25, 0.3) is 10.2 Å². The first-order valence-corrected chi connectivity index (χ1v) is 4.53. The monoisotopic (exact) mass is 177 g/mol. The molecule has 0 fully saturated rings. The lowest BCUT2D eigenvalue weighted by Crippen LogP contribution is -2.07. The first-order valence-electron chi connectivity index (χ1n) is 3.71. The van der Waals surface area contributed by atoms with Gasteiger partial charge in [0.15, 0.2) is 5.13 Å². The first-order chi connectivity index (χ1) is 5.77. The normalized spacial score (nSPS) is 10.5. The highest BCUT2D eigenvalue weighted by Crippen LogP contribution is 2.26. The molecule has 0 spiro atoms. The molecule has 0 atom stereocenters. The minimum atomic E-state index is 1.03. The Hall–Kier alpha value is -1.09. The maximum absolute atomic E-state index is 4.43. The van der Waals surface area contributed by atoms with Gasteiger partial charge in [0, 0.05) is 14.1 Å². The molecular formula is C9H9N2S. The molecule has 0 saturated carbocycles. The Morgan fingerprint density at radius 1 is 1.50 bits per heavy atom. The van der Waals surface area contributed by atoms with Crippen molar-refractivity contribution in [2.24, 2.45) is 0 Å².